The van der Waals surface area contributed by atoms with Crippen molar-refractivity contribution in [1.29, 1.82) is 0 Å². The number of hydrogen-bond donors (Lipinski definition) is 1. The molecule has 1 aliphatic heterocycles. The number of para-hydroxylation sites is 2. The third-order valence-electron chi connectivity index (χ3n) is 5.08. The number of anilines is 2. The van der Waals surface area contributed by atoms with Crippen molar-refractivity contribution in [1.82, 2.24) is 4.90 Å². The van der Waals surface area contributed by atoms with Crippen molar-refractivity contribution in [3.05, 3.63) is 60.2 Å². The van der Waals surface area contributed by atoms with Gasteiger partial charge in [-0.25, -0.2) is 0 Å². The van der Waals surface area contributed by atoms with Gasteiger partial charge in [0.05, 0.1) is 11.4 Å². The van der Waals surface area contributed by atoms with E-state index in [-0.39, 0.29) is 0 Å². The van der Waals surface area contributed by atoms with Gasteiger partial charge in [-0.3, -0.25) is 4.90 Å². The monoisotopic (exact) mass is 337 g/mol. The molecule has 0 aromatic heterocycles. The van der Waals surface area contributed by atoms with Gasteiger partial charge in [0.2, 0.25) is 0 Å². The second-order valence-electron chi connectivity index (χ2n) is 7.42. The highest BCUT2D eigenvalue weighted by Gasteiger charge is 2.23. The highest BCUT2D eigenvalue weighted by atomic mass is 15.2. The van der Waals surface area contributed by atoms with Crippen LogP contribution in [0, 0.1) is 0 Å². The van der Waals surface area contributed by atoms with Gasteiger partial charge >= 0.3 is 0 Å². The van der Waals surface area contributed by atoms with Crippen molar-refractivity contribution in [3.63, 3.8) is 0 Å². The van der Waals surface area contributed by atoms with Gasteiger partial charge in [0.15, 0.2) is 0 Å². The van der Waals surface area contributed by atoms with E-state index in [1.54, 1.807) is 0 Å². The van der Waals surface area contributed by atoms with E-state index in [2.05, 4.69) is 90.6 Å². The SMILES string of the molecule is CC(C)Nc1ccccc1N(C)C1CCN(Cc2ccccc2)CC1. The molecule has 0 saturated carbocycles. The minimum absolute atomic E-state index is 0.447. The van der Waals surface area contributed by atoms with Crippen molar-refractivity contribution in [3.8, 4) is 0 Å². The molecule has 25 heavy (non-hydrogen) atoms. The Bertz CT molecular complexity index is 645. The zero-order chi connectivity index (χ0) is 17.6. The smallest absolute Gasteiger partial charge is 0.0602 e. The van der Waals surface area contributed by atoms with E-state index in [4.69, 9.17) is 0 Å². The molecule has 1 heterocycles. The fraction of sp³-hybridized carbons (Fsp3) is 0.455. The number of hydrogen-bond acceptors (Lipinski definition) is 3. The van der Waals surface area contributed by atoms with E-state index < -0.39 is 0 Å². The predicted octanol–water partition coefficient (Wildman–Crippen LogP) is 4.61. The molecule has 0 bridgehead atoms. The Labute approximate surface area is 152 Å². The first-order chi connectivity index (χ1) is 12.1. The summed E-state index contributed by atoms with van der Waals surface area (Å²) < 4.78 is 0. The van der Waals surface area contributed by atoms with Gasteiger partial charge in [-0.2, -0.15) is 0 Å². The Kier molecular flexibility index (Phi) is 5.98. The maximum Gasteiger partial charge on any atom is 0.0602 e. The van der Waals surface area contributed by atoms with Crippen LogP contribution in [0.5, 0.6) is 0 Å². The lowest BCUT2D eigenvalue weighted by Crippen LogP contribution is -2.43. The van der Waals surface area contributed by atoms with Crippen LogP contribution in [0.25, 0.3) is 0 Å². The summed E-state index contributed by atoms with van der Waals surface area (Å²) >= 11 is 0. The van der Waals surface area contributed by atoms with Crippen LogP contribution in [0.2, 0.25) is 0 Å². The fourth-order valence-corrected chi connectivity index (χ4v) is 3.72. The Morgan fingerprint density at radius 2 is 1.64 bits per heavy atom. The molecular formula is C22H31N3. The third-order valence-corrected chi connectivity index (χ3v) is 5.08. The van der Waals surface area contributed by atoms with Crippen LogP contribution in [0.1, 0.15) is 32.3 Å². The van der Waals surface area contributed by atoms with E-state index >= 15 is 0 Å². The van der Waals surface area contributed by atoms with Gasteiger partial charge in [0.1, 0.15) is 0 Å². The summed E-state index contributed by atoms with van der Waals surface area (Å²) in [4.78, 5) is 5.06. The maximum absolute atomic E-state index is 3.58. The van der Waals surface area contributed by atoms with Crippen LogP contribution in [-0.4, -0.2) is 37.1 Å². The van der Waals surface area contributed by atoms with E-state index in [9.17, 15) is 0 Å². The van der Waals surface area contributed by atoms with Crippen LogP contribution in [0.4, 0.5) is 11.4 Å². The molecular weight excluding hydrogens is 306 g/mol. The quantitative estimate of drug-likeness (QED) is 0.830. The zero-order valence-electron chi connectivity index (χ0n) is 15.8. The lowest BCUT2D eigenvalue weighted by atomic mass is 10.0. The molecule has 3 nitrogen and oxygen atoms in total. The third kappa shape index (κ3) is 4.76. The topological polar surface area (TPSA) is 18.5 Å². The van der Waals surface area contributed by atoms with Crippen molar-refractivity contribution in [2.45, 2.75) is 45.3 Å². The summed E-state index contributed by atoms with van der Waals surface area (Å²) in [6.07, 6.45) is 2.44. The molecule has 2 aromatic rings. The molecule has 3 rings (SSSR count). The minimum Gasteiger partial charge on any atom is -0.381 e. The van der Waals surface area contributed by atoms with Gasteiger partial charge < -0.3 is 10.2 Å². The molecule has 134 valence electrons. The van der Waals surface area contributed by atoms with Crippen molar-refractivity contribution >= 4 is 11.4 Å². The fourth-order valence-electron chi connectivity index (χ4n) is 3.72. The summed E-state index contributed by atoms with van der Waals surface area (Å²) in [6.45, 7) is 7.80. The maximum atomic E-state index is 3.58. The molecule has 0 atom stereocenters. The first kappa shape index (κ1) is 17.8. The number of benzene rings is 2. The molecule has 0 aliphatic carbocycles. The molecule has 1 saturated heterocycles. The van der Waals surface area contributed by atoms with Crippen LogP contribution in [0.3, 0.4) is 0 Å². The van der Waals surface area contributed by atoms with Gasteiger partial charge in [-0.1, -0.05) is 42.5 Å². The lowest BCUT2D eigenvalue weighted by molar-refractivity contribution is 0.203. The van der Waals surface area contributed by atoms with E-state index in [1.807, 2.05) is 0 Å². The molecule has 2 aromatic carbocycles. The molecule has 0 amide bonds. The van der Waals surface area contributed by atoms with Crippen LogP contribution < -0.4 is 10.2 Å². The number of nitrogens with zero attached hydrogens (tertiary/aromatic N) is 2. The average Bonchev–Trinajstić information content (AvgIpc) is 2.63. The van der Waals surface area contributed by atoms with E-state index in [1.165, 1.54) is 42.9 Å². The largest absolute Gasteiger partial charge is 0.381 e. The van der Waals surface area contributed by atoms with E-state index in [0.717, 1.165) is 6.54 Å². The highest BCUT2D eigenvalue weighted by Crippen LogP contribution is 2.29. The number of nitrogens with one attached hydrogen (secondary N) is 1. The standard InChI is InChI=1S/C22H31N3/c1-18(2)23-21-11-7-8-12-22(21)24(3)20-13-15-25(16-14-20)17-19-9-5-4-6-10-19/h4-12,18,20,23H,13-17H2,1-3H3. The van der Waals surface area contributed by atoms with Gasteiger partial charge in [-0.15, -0.1) is 0 Å². The van der Waals surface area contributed by atoms with Crippen molar-refractivity contribution in [2.75, 3.05) is 30.4 Å². The second kappa shape index (κ2) is 8.39. The molecule has 3 heteroatoms. The number of rotatable bonds is 6. The lowest BCUT2D eigenvalue weighted by Gasteiger charge is -2.38. The Morgan fingerprint density at radius 1 is 1.00 bits per heavy atom. The Morgan fingerprint density at radius 3 is 2.32 bits per heavy atom. The zero-order valence-corrected chi connectivity index (χ0v) is 15.8. The van der Waals surface area contributed by atoms with Crippen LogP contribution >= 0.6 is 0 Å². The van der Waals surface area contributed by atoms with Crippen molar-refractivity contribution < 1.29 is 0 Å². The van der Waals surface area contributed by atoms with Gasteiger partial charge in [0.25, 0.3) is 0 Å². The van der Waals surface area contributed by atoms with Gasteiger partial charge in [0, 0.05) is 38.8 Å². The molecule has 1 aliphatic rings. The minimum atomic E-state index is 0.447. The van der Waals surface area contributed by atoms with E-state index in [0.29, 0.717) is 12.1 Å². The first-order valence-electron chi connectivity index (χ1n) is 9.48. The summed E-state index contributed by atoms with van der Waals surface area (Å²) in [5, 5.41) is 3.58. The summed E-state index contributed by atoms with van der Waals surface area (Å²) in [5.41, 5.74) is 3.98. The molecule has 1 N–H and O–H groups in total. The van der Waals surface area contributed by atoms with Crippen molar-refractivity contribution in [2.24, 2.45) is 0 Å². The van der Waals surface area contributed by atoms with Gasteiger partial charge in [-0.05, 0) is 44.4 Å². The second-order valence-corrected chi connectivity index (χ2v) is 7.42. The summed E-state index contributed by atoms with van der Waals surface area (Å²) in [5.74, 6) is 0. The molecule has 0 unspecified atom stereocenters. The predicted molar refractivity (Wildman–Crippen MR) is 108 cm³/mol. The number of piperidine rings is 1. The Balaban J connectivity index is 1.59. The summed E-state index contributed by atoms with van der Waals surface area (Å²) in [7, 11) is 2.25. The normalized spacial score (nSPS) is 16.2. The molecule has 1 fully saturated rings. The number of likely N-dealkylation sites (tertiary alicyclic amines) is 1. The summed E-state index contributed by atoms with van der Waals surface area (Å²) in [6, 6.07) is 20.6. The average molecular weight is 338 g/mol. The van der Waals surface area contributed by atoms with Crippen LogP contribution in [0.15, 0.2) is 54.6 Å². The Hall–Kier alpha value is -2.00. The molecule has 0 spiro atoms. The van der Waals surface area contributed by atoms with Crippen LogP contribution in [-0.2, 0) is 6.54 Å². The first-order valence-corrected chi connectivity index (χ1v) is 9.48. The highest BCUT2D eigenvalue weighted by molar-refractivity contribution is 5.70. The molecule has 0 radical (unpaired) electrons.